The van der Waals surface area contributed by atoms with Crippen LogP contribution in [0.4, 0.5) is 30.2 Å². The van der Waals surface area contributed by atoms with Crippen molar-refractivity contribution in [3.8, 4) is 5.88 Å². The van der Waals surface area contributed by atoms with Crippen LogP contribution in [-0.4, -0.2) is 14.6 Å². The number of hydrogen-bond donors (Lipinski definition) is 1. The van der Waals surface area contributed by atoms with Gasteiger partial charge in [0.05, 0.1) is 28.2 Å². The maximum Gasteiger partial charge on any atom is 0.416 e. The van der Waals surface area contributed by atoms with Gasteiger partial charge in [0.1, 0.15) is 0 Å². The highest BCUT2D eigenvalue weighted by atomic mass is 19.4. The highest BCUT2D eigenvalue weighted by Gasteiger charge is 2.30. The van der Waals surface area contributed by atoms with E-state index in [2.05, 4.69) is 10.2 Å². The summed E-state index contributed by atoms with van der Waals surface area (Å²) in [6, 6.07) is 17.2. The molecule has 0 aliphatic carbocycles. The molecule has 1 aromatic heterocycles. The number of nitro groups is 1. The van der Waals surface area contributed by atoms with Crippen LogP contribution in [0.2, 0.25) is 0 Å². The molecule has 10 heteroatoms. The van der Waals surface area contributed by atoms with Gasteiger partial charge in [-0.3, -0.25) is 10.1 Å². The van der Waals surface area contributed by atoms with E-state index in [4.69, 9.17) is 0 Å². The third-order valence-electron chi connectivity index (χ3n) is 4.84. The third kappa shape index (κ3) is 4.15. The molecule has 0 saturated carbocycles. The monoisotopic (exact) mass is 440 g/mol. The first-order valence-electron chi connectivity index (χ1n) is 9.36. The van der Waals surface area contributed by atoms with Gasteiger partial charge in [-0.15, -0.1) is 5.11 Å². The molecule has 32 heavy (non-hydrogen) atoms. The summed E-state index contributed by atoms with van der Waals surface area (Å²) in [6.07, 6.45) is -4.47. The molecule has 0 aliphatic rings. The fourth-order valence-corrected chi connectivity index (χ4v) is 3.31. The number of benzene rings is 3. The molecule has 162 valence electrons. The minimum atomic E-state index is -4.47. The van der Waals surface area contributed by atoms with Gasteiger partial charge in [-0.25, -0.2) is 0 Å². The Morgan fingerprint density at radius 1 is 0.969 bits per heavy atom. The van der Waals surface area contributed by atoms with E-state index in [1.54, 1.807) is 30.3 Å². The van der Waals surface area contributed by atoms with Gasteiger partial charge in [-0.2, -0.15) is 18.3 Å². The van der Waals surface area contributed by atoms with E-state index in [-0.39, 0.29) is 23.8 Å². The van der Waals surface area contributed by atoms with Crippen molar-refractivity contribution < 1.29 is 23.2 Å². The molecule has 7 nitrogen and oxygen atoms in total. The predicted molar refractivity (Wildman–Crippen MR) is 111 cm³/mol. The van der Waals surface area contributed by atoms with Crippen molar-refractivity contribution in [2.45, 2.75) is 12.7 Å². The largest absolute Gasteiger partial charge is 0.493 e. The fraction of sp³-hybridized carbons (Fsp3) is 0.0909. The lowest BCUT2D eigenvalue weighted by Gasteiger charge is -2.11. The first-order valence-corrected chi connectivity index (χ1v) is 9.36. The Hall–Kier alpha value is -4.21. The van der Waals surface area contributed by atoms with E-state index >= 15 is 0 Å². The summed E-state index contributed by atoms with van der Waals surface area (Å²) < 4.78 is 40.6. The number of hydrogen-bond acceptors (Lipinski definition) is 5. The minimum Gasteiger partial charge on any atom is -0.493 e. The molecule has 4 rings (SSSR count). The molecule has 0 amide bonds. The Morgan fingerprint density at radius 3 is 2.38 bits per heavy atom. The zero-order valence-corrected chi connectivity index (χ0v) is 16.3. The number of azo groups is 1. The van der Waals surface area contributed by atoms with Crippen LogP contribution in [0.25, 0.3) is 10.9 Å². The van der Waals surface area contributed by atoms with Crippen LogP contribution in [-0.2, 0) is 12.7 Å². The van der Waals surface area contributed by atoms with Crippen LogP contribution in [0.5, 0.6) is 5.88 Å². The van der Waals surface area contributed by atoms with Crippen molar-refractivity contribution in [2.75, 3.05) is 0 Å². The summed E-state index contributed by atoms with van der Waals surface area (Å²) in [7, 11) is 0. The van der Waals surface area contributed by atoms with Crippen molar-refractivity contribution >= 4 is 28.0 Å². The lowest BCUT2D eigenvalue weighted by Crippen LogP contribution is -2.06. The molecule has 1 N–H and O–H groups in total. The summed E-state index contributed by atoms with van der Waals surface area (Å²) in [5, 5.41) is 30.3. The van der Waals surface area contributed by atoms with Crippen LogP contribution in [0.15, 0.2) is 83.0 Å². The van der Waals surface area contributed by atoms with Crippen LogP contribution in [0, 0.1) is 10.1 Å². The second-order valence-electron chi connectivity index (χ2n) is 6.95. The Balaban J connectivity index is 1.72. The Kier molecular flexibility index (Phi) is 5.35. The number of nitrogens with zero attached hydrogens (tertiary/aromatic N) is 4. The molecule has 0 atom stereocenters. The average Bonchev–Trinajstić information content (AvgIpc) is 3.03. The van der Waals surface area contributed by atoms with Gasteiger partial charge in [0.15, 0.2) is 5.69 Å². The normalized spacial score (nSPS) is 12.0. The SMILES string of the molecule is O=[N+]([O-])c1ccc(N=Nc2c(O)n(Cc3cccc(C(F)(F)F)c3)c3ccccc23)cc1. The van der Waals surface area contributed by atoms with Crippen LogP contribution < -0.4 is 0 Å². The van der Waals surface area contributed by atoms with Gasteiger partial charge in [-0.05, 0) is 35.9 Å². The molecule has 0 radical (unpaired) electrons. The topological polar surface area (TPSA) is 93.0 Å². The van der Waals surface area contributed by atoms with Crippen molar-refractivity contribution in [3.63, 3.8) is 0 Å². The highest BCUT2D eigenvalue weighted by molar-refractivity contribution is 5.95. The van der Waals surface area contributed by atoms with Gasteiger partial charge in [0, 0.05) is 17.5 Å². The van der Waals surface area contributed by atoms with E-state index in [1.165, 1.54) is 34.9 Å². The zero-order chi connectivity index (χ0) is 22.9. The second-order valence-corrected chi connectivity index (χ2v) is 6.95. The van der Waals surface area contributed by atoms with Gasteiger partial charge < -0.3 is 9.67 Å². The van der Waals surface area contributed by atoms with Crippen molar-refractivity contribution in [2.24, 2.45) is 10.2 Å². The zero-order valence-electron chi connectivity index (χ0n) is 16.3. The number of aromatic nitrogens is 1. The fourth-order valence-electron chi connectivity index (χ4n) is 3.31. The summed E-state index contributed by atoms with van der Waals surface area (Å²) in [5.41, 5.74) is 0.541. The molecular formula is C22H15F3N4O3. The first kappa shape index (κ1) is 21.0. The molecule has 0 saturated heterocycles. The molecule has 0 aliphatic heterocycles. The second kappa shape index (κ2) is 8.14. The first-order chi connectivity index (χ1) is 15.2. The van der Waals surface area contributed by atoms with Crippen LogP contribution in [0.1, 0.15) is 11.1 Å². The summed E-state index contributed by atoms with van der Waals surface area (Å²) in [6.45, 7) is -0.0106. The lowest BCUT2D eigenvalue weighted by molar-refractivity contribution is -0.384. The van der Waals surface area contributed by atoms with Gasteiger partial charge in [0.2, 0.25) is 5.88 Å². The maximum atomic E-state index is 13.1. The molecule has 0 bridgehead atoms. The summed E-state index contributed by atoms with van der Waals surface area (Å²) in [4.78, 5) is 10.2. The molecular weight excluding hydrogens is 425 g/mol. The highest BCUT2D eigenvalue weighted by Crippen LogP contribution is 2.40. The number of nitro benzene ring substituents is 1. The van der Waals surface area contributed by atoms with Crippen molar-refractivity contribution in [1.82, 2.24) is 4.57 Å². The predicted octanol–water partition coefficient (Wildman–Crippen LogP) is 6.74. The molecule has 3 aromatic carbocycles. The Bertz CT molecular complexity index is 1330. The number of aromatic hydroxyl groups is 1. The van der Waals surface area contributed by atoms with E-state index in [0.717, 1.165) is 12.1 Å². The standard InChI is InChI=1S/C22H15F3N4O3/c23-22(24,25)15-5-3-4-14(12-15)13-28-19-7-2-1-6-18(19)20(21(28)30)27-26-16-8-10-17(11-9-16)29(31)32/h1-12,30H,13H2. The van der Waals surface area contributed by atoms with E-state index < -0.39 is 16.7 Å². The van der Waals surface area contributed by atoms with Crippen LogP contribution in [0.3, 0.4) is 0 Å². The van der Waals surface area contributed by atoms with Crippen LogP contribution >= 0.6 is 0 Å². The molecule has 4 aromatic rings. The number of rotatable bonds is 5. The van der Waals surface area contributed by atoms with Gasteiger partial charge in [-0.1, -0.05) is 30.3 Å². The number of halogens is 3. The Morgan fingerprint density at radius 2 is 1.69 bits per heavy atom. The molecule has 0 spiro atoms. The van der Waals surface area contributed by atoms with Crippen molar-refractivity contribution in [3.05, 3.63) is 94.0 Å². The van der Waals surface area contributed by atoms with E-state index in [1.807, 2.05) is 0 Å². The summed E-state index contributed by atoms with van der Waals surface area (Å²) >= 11 is 0. The Labute approximate surface area is 179 Å². The lowest BCUT2D eigenvalue weighted by atomic mass is 10.1. The number of non-ortho nitro benzene ring substituents is 1. The van der Waals surface area contributed by atoms with E-state index in [9.17, 15) is 28.4 Å². The van der Waals surface area contributed by atoms with E-state index in [0.29, 0.717) is 22.2 Å². The quantitative estimate of drug-likeness (QED) is 0.212. The number of para-hydroxylation sites is 1. The van der Waals surface area contributed by atoms with Gasteiger partial charge >= 0.3 is 6.18 Å². The minimum absolute atomic E-state index is 0.0106. The maximum absolute atomic E-state index is 13.1. The van der Waals surface area contributed by atoms with Gasteiger partial charge in [0.25, 0.3) is 5.69 Å². The smallest absolute Gasteiger partial charge is 0.416 e. The van der Waals surface area contributed by atoms with Crippen molar-refractivity contribution in [1.29, 1.82) is 0 Å². The summed E-state index contributed by atoms with van der Waals surface area (Å²) in [5.74, 6) is -0.255. The molecule has 0 fully saturated rings. The average molecular weight is 440 g/mol. The molecule has 0 unspecified atom stereocenters. The number of fused-ring (bicyclic) bond motifs is 1. The number of alkyl halides is 3. The third-order valence-corrected chi connectivity index (χ3v) is 4.84. The molecule has 1 heterocycles.